The number of carbonyl (C=O) groups excluding carboxylic acids is 1. The Morgan fingerprint density at radius 1 is 1.04 bits per heavy atom. The minimum Gasteiger partial charge on any atom is -0.346 e. The zero-order valence-corrected chi connectivity index (χ0v) is 16.6. The minimum atomic E-state index is -3.49. The number of hydrogen-bond donors (Lipinski definition) is 1. The molecule has 0 saturated carbocycles. The van der Waals surface area contributed by atoms with E-state index in [0.717, 1.165) is 18.4 Å². The van der Waals surface area contributed by atoms with Crippen LogP contribution in [-0.2, 0) is 10.0 Å². The van der Waals surface area contributed by atoms with Gasteiger partial charge in [-0.05, 0) is 55.5 Å². The van der Waals surface area contributed by atoms with Crippen LogP contribution >= 0.6 is 0 Å². The van der Waals surface area contributed by atoms with Crippen LogP contribution in [0.15, 0.2) is 59.5 Å². The molecule has 2 aromatic rings. The zero-order valence-electron chi connectivity index (χ0n) is 15.8. The average molecular weight is 387 g/mol. The van der Waals surface area contributed by atoms with Crippen LogP contribution in [-0.4, -0.2) is 31.7 Å². The molecule has 144 valence electrons. The highest BCUT2D eigenvalue weighted by atomic mass is 32.2. The second-order valence-corrected chi connectivity index (χ2v) is 9.15. The summed E-state index contributed by atoms with van der Waals surface area (Å²) in [5, 5.41) is 2.94. The molecule has 0 spiro atoms. The molecule has 1 fully saturated rings. The van der Waals surface area contributed by atoms with Crippen LogP contribution in [0, 0.1) is 5.92 Å². The van der Waals surface area contributed by atoms with Crippen molar-refractivity contribution in [3.63, 3.8) is 0 Å². The van der Waals surface area contributed by atoms with E-state index in [2.05, 4.69) is 12.2 Å². The van der Waals surface area contributed by atoms with Crippen LogP contribution in [0.2, 0.25) is 0 Å². The first-order chi connectivity index (χ1) is 12.9. The third kappa shape index (κ3) is 4.57. The van der Waals surface area contributed by atoms with Crippen LogP contribution in [0.1, 0.15) is 48.7 Å². The van der Waals surface area contributed by atoms with Crippen molar-refractivity contribution in [1.82, 2.24) is 9.62 Å². The second-order valence-electron chi connectivity index (χ2n) is 7.22. The fourth-order valence-corrected chi connectivity index (χ4v) is 4.73. The summed E-state index contributed by atoms with van der Waals surface area (Å²) in [6.45, 7) is 5.18. The van der Waals surface area contributed by atoms with E-state index in [4.69, 9.17) is 0 Å². The summed E-state index contributed by atoms with van der Waals surface area (Å²) in [5.74, 6) is 0.344. The molecule has 1 amide bonds. The molecule has 1 aliphatic heterocycles. The largest absolute Gasteiger partial charge is 0.346 e. The zero-order chi connectivity index (χ0) is 19.4. The average Bonchev–Trinajstić information content (AvgIpc) is 2.69. The first-order valence-corrected chi connectivity index (χ1v) is 10.8. The van der Waals surface area contributed by atoms with Gasteiger partial charge in [0.05, 0.1) is 10.9 Å². The Balaban J connectivity index is 1.68. The molecular formula is C21H26N2O3S. The summed E-state index contributed by atoms with van der Waals surface area (Å²) < 4.78 is 27.1. The summed E-state index contributed by atoms with van der Waals surface area (Å²) in [6, 6.07) is 15.8. The van der Waals surface area contributed by atoms with Crippen LogP contribution in [0.5, 0.6) is 0 Å². The third-order valence-corrected chi connectivity index (χ3v) is 7.06. The molecule has 0 radical (unpaired) electrons. The van der Waals surface area contributed by atoms with E-state index in [1.165, 1.54) is 12.1 Å². The second kappa shape index (κ2) is 8.23. The Kier molecular flexibility index (Phi) is 5.97. The number of nitrogens with one attached hydrogen (secondary N) is 1. The van der Waals surface area contributed by atoms with E-state index >= 15 is 0 Å². The lowest BCUT2D eigenvalue weighted by atomic mass is 10.0. The number of amides is 1. The highest BCUT2D eigenvalue weighted by molar-refractivity contribution is 7.89. The Morgan fingerprint density at radius 2 is 1.63 bits per heavy atom. The quantitative estimate of drug-likeness (QED) is 0.854. The molecule has 27 heavy (non-hydrogen) atoms. The van der Waals surface area contributed by atoms with E-state index in [-0.39, 0.29) is 16.8 Å². The molecular weight excluding hydrogens is 360 g/mol. The highest BCUT2D eigenvalue weighted by Crippen LogP contribution is 2.23. The lowest BCUT2D eigenvalue weighted by Crippen LogP contribution is -2.37. The molecule has 1 aliphatic rings. The van der Waals surface area contributed by atoms with Crippen LogP contribution in [0.4, 0.5) is 0 Å². The molecule has 0 aliphatic carbocycles. The normalized spacial score (nSPS) is 17.4. The molecule has 1 heterocycles. The van der Waals surface area contributed by atoms with Gasteiger partial charge in [-0.2, -0.15) is 4.31 Å². The minimum absolute atomic E-state index is 0.127. The monoisotopic (exact) mass is 386 g/mol. The summed E-state index contributed by atoms with van der Waals surface area (Å²) in [5.41, 5.74) is 1.47. The Labute approximate surface area is 161 Å². The highest BCUT2D eigenvalue weighted by Gasteiger charge is 2.28. The maximum Gasteiger partial charge on any atom is 0.251 e. The van der Waals surface area contributed by atoms with E-state index in [0.29, 0.717) is 24.6 Å². The summed E-state index contributed by atoms with van der Waals surface area (Å²) in [4.78, 5) is 12.7. The van der Waals surface area contributed by atoms with Gasteiger partial charge in [0.1, 0.15) is 0 Å². The maximum absolute atomic E-state index is 12.8. The molecule has 5 nitrogen and oxygen atoms in total. The fourth-order valence-electron chi connectivity index (χ4n) is 3.26. The van der Waals surface area contributed by atoms with Crippen molar-refractivity contribution in [3.8, 4) is 0 Å². The standard InChI is InChI=1S/C21H26N2O3S/c1-16-12-14-23(15-13-16)27(25,26)20-10-8-19(9-11-20)21(24)22-17(2)18-6-4-3-5-7-18/h3-11,16-17H,12-15H2,1-2H3,(H,22,24)/t17-/m1/s1. The number of carbonyl (C=O) groups is 1. The predicted molar refractivity (Wildman–Crippen MR) is 106 cm³/mol. The van der Waals surface area contributed by atoms with Crippen LogP contribution < -0.4 is 5.32 Å². The Bertz CT molecular complexity index is 871. The van der Waals surface area contributed by atoms with Crippen molar-refractivity contribution in [2.75, 3.05) is 13.1 Å². The van der Waals surface area contributed by atoms with Crippen molar-refractivity contribution in [3.05, 3.63) is 65.7 Å². The van der Waals surface area contributed by atoms with Gasteiger partial charge in [-0.3, -0.25) is 4.79 Å². The van der Waals surface area contributed by atoms with Gasteiger partial charge < -0.3 is 5.32 Å². The molecule has 1 saturated heterocycles. The number of hydrogen-bond acceptors (Lipinski definition) is 3. The number of nitrogens with zero attached hydrogens (tertiary/aromatic N) is 1. The van der Waals surface area contributed by atoms with E-state index < -0.39 is 10.0 Å². The van der Waals surface area contributed by atoms with Gasteiger partial charge in [0.15, 0.2) is 0 Å². The molecule has 1 atom stereocenters. The SMILES string of the molecule is CC1CCN(S(=O)(=O)c2ccc(C(=O)N[C@H](C)c3ccccc3)cc2)CC1. The van der Waals surface area contributed by atoms with E-state index in [9.17, 15) is 13.2 Å². The lowest BCUT2D eigenvalue weighted by molar-refractivity contribution is 0.0939. The first kappa shape index (κ1) is 19.6. The van der Waals surface area contributed by atoms with Crippen molar-refractivity contribution in [1.29, 1.82) is 0 Å². The van der Waals surface area contributed by atoms with Gasteiger partial charge >= 0.3 is 0 Å². The summed E-state index contributed by atoms with van der Waals surface area (Å²) >= 11 is 0. The van der Waals surface area contributed by atoms with Crippen LogP contribution in [0.3, 0.4) is 0 Å². The molecule has 3 rings (SSSR count). The fraction of sp³-hybridized carbons (Fsp3) is 0.381. The first-order valence-electron chi connectivity index (χ1n) is 9.34. The molecule has 6 heteroatoms. The van der Waals surface area contributed by atoms with Gasteiger partial charge in [-0.25, -0.2) is 8.42 Å². The van der Waals surface area contributed by atoms with Gasteiger partial charge in [-0.1, -0.05) is 37.3 Å². The summed E-state index contributed by atoms with van der Waals surface area (Å²) in [6.07, 6.45) is 1.77. The number of rotatable bonds is 5. The van der Waals surface area contributed by atoms with Crippen molar-refractivity contribution < 1.29 is 13.2 Å². The topological polar surface area (TPSA) is 66.5 Å². The van der Waals surface area contributed by atoms with Crippen LogP contribution in [0.25, 0.3) is 0 Å². The lowest BCUT2D eigenvalue weighted by Gasteiger charge is -2.29. The molecule has 0 unspecified atom stereocenters. The maximum atomic E-state index is 12.8. The molecule has 0 aromatic heterocycles. The van der Waals surface area contributed by atoms with Gasteiger partial charge in [0.2, 0.25) is 10.0 Å². The number of sulfonamides is 1. The summed E-state index contributed by atoms with van der Waals surface area (Å²) in [7, 11) is -3.49. The van der Waals surface area contributed by atoms with Gasteiger partial charge in [0.25, 0.3) is 5.91 Å². The van der Waals surface area contributed by atoms with E-state index in [1.807, 2.05) is 37.3 Å². The Morgan fingerprint density at radius 3 is 2.22 bits per heavy atom. The number of piperidine rings is 1. The smallest absolute Gasteiger partial charge is 0.251 e. The van der Waals surface area contributed by atoms with Crippen molar-refractivity contribution >= 4 is 15.9 Å². The van der Waals surface area contributed by atoms with Gasteiger partial charge in [0, 0.05) is 18.7 Å². The Hall–Kier alpha value is -2.18. The number of benzene rings is 2. The third-order valence-electron chi connectivity index (χ3n) is 5.14. The molecule has 1 N–H and O–H groups in total. The predicted octanol–water partition coefficient (Wildman–Crippen LogP) is 3.60. The molecule has 0 bridgehead atoms. The van der Waals surface area contributed by atoms with E-state index in [1.54, 1.807) is 16.4 Å². The van der Waals surface area contributed by atoms with Crippen molar-refractivity contribution in [2.45, 2.75) is 37.6 Å². The van der Waals surface area contributed by atoms with Gasteiger partial charge in [-0.15, -0.1) is 0 Å². The molecule has 2 aromatic carbocycles. The van der Waals surface area contributed by atoms with Crippen molar-refractivity contribution in [2.24, 2.45) is 5.92 Å².